The van der Waals surface area contributed by atoms with Crippen molar-refractivity contribution in [1.82, 2.24) is 5.32 Å². The number of fused-ring (bicyclic) bond motifs is 1. The van der Waals surface area contributed by atoms with Crippen LogP contribution in [0, 0.1) is 29.1 Å². The van der Waals surface area contributed by atoms with Gasteiger partial charge in [0.05, 0.1) is 34.2 Å². The molecule has 12 heteroatoms. The molecule has 8 nitrogen and oxygen atoms in total. The lowest BCUT2D eigenvalue weighted by molar-refractivity contribution is -0.146. The Hall–Kier alpha value is -3.78. The number of nitrogens with one attached hydrogen (secondary N) is 2. The van der Waals surface area contributed by atoms with Crippen molar-refractivity contribution in [2.75, 3.05) is 16.8 Å². The minimum atomic E-state index is -4.55. The lowest BCUT2D eigenvalue weighted by atomic mass is 9.83. The van der Waals surface area contributed by atoms with Gasteiger partial charge in [-0.15, -0.1) is 0 Å². The summed E-state index contributed by atoms with van der Waals surface area (Å²) in [4.78, 5) is 40.7. The second-order valence-electron chi connectivity index (χ2n) is 9.87. The lowest BCUT2D eigenvalue weighted by Gasteiger charge is -2.30. The lowest BCUT2D eigenvalue weighted by Crippen LogP contribution is -2.52. The second-order valence-corrected chi connectivity index (χ2v) is 10.3. The van der Waals surface area contributed by atoms with Crippen molar-refractivity contribution in [3.05, 3.63) is 53.1 Å². The summed E-state index contributed by atoms with van der Waals surface area (Å²) in [5.41, 5.74) is 7.01. The normalized spacial score (nSPS) is 18.7. The monoisotopic (exact) mass is 561 g/mol. The maximum Gasteiger partial charge on any atom is 0.389 e. The molecular formula is C27H27ClF3N5O3. The van der Waals surface area contributed by atoms with Crippen LogP contribution in [-0.2, 0) is 14.4 Å². The van der Waals surface area contributed by atoms with Crippen molar-refractivity contribution >= 4 is 46.4 Å². The molecule has 1 fully saturated rings. The summed E-state index contributed by atoms with van der Waals surface area (Å²) in [6.45, 7) is -0.153. The van der Waals surface area contributed by atoms with Crippen molar-refractivity contribution in [3.63, 3.8) is 0 Å². The first-order chi connectivity index (χ1) is 18.5. The number of benzene rings is 2. The Morgan fingerprint density at radius 3 is 2.49 bits per heavy atom. The smallest absolute Gasteiger partial charge is 0.369 e. The van der Waals surface area contributed by atoms with Crippen LogP contribution in [0.2, 0.25) is 5.02 Å². The first kappa shape index (κ1) is 28.2. The van der Waals surface area contributed by atoms with Gasteiger partial charge in [0.1, 0.15) is 12.1 Å². The highest BCUT2D eigenvalue weighted by Gasteiger charge is 2.41. The molecule has 0 aromatic heterocycles. The Morgan fingerprint density at radius 1 is 1.15 bits per heavy atom. The SMILES string of the molecule is N#Cc1ccccc1N1CC(NC(=O)C(CCC(F)(F)F)C(CC2CC2)C(N)=O)C(=O)Nc2c(Cl)cccc21. The highest BCUT2D eigenvalue weighted by Crippen LogP contribution is 2.41. The molecule has 3 atom stereocenters. The van der Waals surface area contributed by atoms with Crippen LogP contribution in [0.5, 0.6) is 0 Å². The molecule has 1 aliphatic carbocycles. The second kappa shape index (κ2) is 11.5. The highest BCUT2D eigenvalue weighted by molar-refractivity contribution is 6.34. The fourth-order valence-corrected chi connectivity index (χ4v) is 5.10. The molecule has 0 bridgehead atoms. The summed E-state index contributed by atoms with van der Waals surface area (Å²) in [6, 6.07) is 12.4. The molecule has 2 aliphatic rings. The number of primary amides is 1. The van der Waals surface area contributed by atoms with E-state index in [2.05, 4.69) is 16.7 Å². The molecule has 3 unspecified atom stereocenters. The largest absolute Gasteiger partial charge is 0.389 e. The Labute approximate surface area is 228 Å². The van der Waals surface area contributed by atoms with Crippen molar-refractivity contribution < 1.29 is 27.6 Å². The van der Waals surface area contributed by atoms with Gasteiger partial charge in [-0.2, -0.15) is 18.4 Å². The van der Waals surface area contributed by atoms with E-state index in [1.165, 1.54) is 0 Å². The predicted molar refractivity (Wildman–Crippen MR) is 139 cm³/mol. The van der Waals surface area contributed by atoms with E-state index >= 15 is 0 Å². The molecule has 1 saturated carbocycles. The van der Waals surface area contributed by atoms with Gasteiger partial charge in [0.2, 0.25) is 17.7 Å². The van der Waals surface area contributed by atoms with Crippen LogP contribution in [0.15, 0.2) is 42.5 Å². The summed E-state index contributed by atoms with van der Waals surface area (Å²) in [5, 5.41) is 15.2. The minimum absolute atomic E-state index is 0.125. The molecule has 0 spiro atoms. The molecule has 3 amide bonds. The quantitative estimate of drug-likeness (QED) is 0.411. The van der Waals surface area contributed by atoms with Crippen LogP contribution in [0.4, 0.5) is 30.2 Å². The van der Waals surface area contributed by atoms with E-state index in [0.717, 1.165) is 12.8 Å². The number of anilines is 3. The molecule has 2 aromatic rings. The van der Waals surface area contributed by atoms with Crippen LogP contribution in [0.1, 0.15) is 37.7 Å². The molecule has 0 radical (unpaired) electrons. The zero-order chi connectivity index (χ0) is 28.3. The molecule has 1 aliphatic heterocycles. The summed E-state index contributed by atoms with van der Waals surface area (Å²) >= 11 is 6.37. The Morgan fingerprint density at radius 2 is 1.85 bits per heavy atom. The number of nitrogens with two attached hydrogens (primary N) is 1. The molecule has 0 saturated heterocycles. The van der Waals surface area contributed by atoms with E-state index in [4.69, 9.17) is 17.3 Å². The van der Waals surface area contributed by atoms with Crippen molar-refractivity contribution in [1.29, 1.82) is 5.26 Å². The average Bonchev–Trinajstić information content (AvgIpc) is 3.71. The van der Waals surface area contributed by atoms with Crippen LogP contribution >= 0.6 is 11.6 Å². The van der Waals surface area contributed by atoms with E-state index in [1.54, 1.807) is 47.4 Å². The van der Waals surface area contributed by atoms with E-state index in [1.807, 2.05) is 0 Å². The third-order valence-corrected chi connectivity index (χ3v) is 7.37. The van der Waals surface area contributed by atoms with Gasteiger partial charge in [-0.05, 0) is 43.0 Å². The number of alkyl halides is 3. The zero-order valence-corrected chi connectivity index (χ0v) is 21.6. The fraction of sp³-hybridized carbons (Fsp3) is 0.407. The topological polar surface area (TPSA) is 128 Å². The van der Waals surface area contributed by atoms with Gasteiger partial charge in [-0.1, -0.05) is 42.6 Å². The highest BCUT2D eigenvalue weighted by atomic mass is 35.5. The Balaban J connectivity index is 1.67. The van der Waals surface area contributed by atoms with Crippen molar-refractivity contribution in [2.24, 2.45) is 23.5 Å². The van der Waals surface area contributed by atoms with Gasteiger partial charge >= 0.3 is 6.18 Å². The number of carbonyl (C=O) groups excluding carboxylic acids is 3. The van der Waals surface area contributed by atoms with Gasteiger partial charge in [0.15, 0.2) is 0 Å². The van der Waals surface area contributed by atoms with Crippen LogP contribution < -0.4 is 21.3 Å². The van der Waals surface area contributed by atoms with E-state index in [0.29, 0.717) is 16.9 Å². The van der Waals surface area contributed by atoms with E-state index in [9.17, 15) is 32.8 Å². The molecule has 1 heterocycles. The summed E-state index contributed by atoms with van der Waals surface area (Å²) in [6.07, 6.45) is -4.62. The third kappa shape index (κ3) is 6.81. The average molecular weight is 562 g/mol. The van der Waals surface area contributed by atoms with Gasteiger partial charge in [-0.25, -0.2) is 0 Å². The first-order valence-electron chi connectivity index (χ1n) is 12.5. The minimum Gasteiger partial charge on any atom is -0.369 e. The number of amides is 3. The fourth-order valence-electron chi connectivity index (χ4n) is 4.88. The molecule has 4 N–H and O–H groups in total. The van der Waals surface area contributed by atoms with Crippen LogP contribution in [0.25, 0.3) is 0 Å². The number of halogens is 4. The molecule has 4 rings (SSSR count). The van der Waals surface area contributed by atoms with Gasteiger partial charge in [-0.3, -0.25) is 14.4 Å². The van der Waals surface area contributed by atoms with Gasteiger partial charge in [0, 0.05) is 18.3 Å². The number of nitrogens with zero attached hydrogens (tertiary/aromatic N) is 2. The van der Waals surface area contributed by atoms with E-state index in [-0.39, 0.29) is 29.6 Å². The first-order valence-corrected chi connectivity index (χ1v) is 12.9. The van der Waals surface area contributed by atoms with E-state index < -0.39 is 54.6 Å². The summed E-state index contributed by atoms with van der Waals surface area (Å²) in [7, 11) is 0. The van der Waals surface area contributed by atoms with Crippen molar-refractivity contribution in [2.45, 2.75) is 44.3 Å². The number of nitriles is 1. The number of hydrogen-bond acceptors (Lipinski definition) is 5. The number of hydrogen-bond donors (Lipinski definition) is 3. The Bertz CT molecular complexity index is 1310. The van der Waals surface area contributed by atoms with Gasteiger partial charge < -0.3 is 21.3 Å². The molecular weight excluding hydrogens is 535 g/mol. The number of carbonyl (C=O) groups is 3. The predicted octanol–water partition coefficient (Wildman–Crippen LogP) is 4.65. The van der Waals surface area contributed by atoms with Crippen LogP contribution in [-0.4, -0.2) is 36.5 Å². The maximum atomic E-state index is 13.5. The van der Waals surface area contributed by atoms with Crippen molar-refractivity contribution in [3.8, 4) is 6.07 Å². The zero-order valence-electron chi connectivity index (χ0n) is 20.8. The number of para-hydroxylation sites is 2. The molecule has 39 heavy (non-hydrogen) atoms. The molecule has 206 valence electrons. The maximum absolute atomic E-state index is 13.5. The van der Waals surface area contributed by atoms with Gasteiger partial charge in [0.25, 0.3) is 0 Å². The Kier molecular flexibility index (Phi) is 8.35. The third-order valence-electron chi connectivity index (χ3n) is 7.05. The molecule has 2 aromatic carbocycles. The summed E-state index contributed by atoms with van der Waals surface area (Å²) < 4.78 is 39.4. The van der Waals surface area contributed by atoms with Crippen LogP contribution in [0.3, 0.4) is 0 Å². The standard InChI is InChI=1S/C27H27ClF3N5O3/c28-19-5-3-7-22-23(19)35-26(39)20(14-36(22)21-6-2-1-4-16(21)13-32)34-25(38)17(10-11-27(29,30)31)18(24(33)37)12-15-8-9-15/h1-7,15,17-18,20H,8-12,14H2,(H2,33,37)(H,34,38)(H,35,39). The number of rotatable bonds is 9. The summed E-state index contributed by atoms with van der Waals surface area (Å²) in [5.74, 6) is -4.71.